The van der Waals surface area contributed by atoms with Crippen LogP contribution in [-0.2, 0) is 19.8 Å². The second-order valence-electron chi connectivity index (χ2n) is 8.70. The summed E-state index contributed by atoms with van der Waals surface area (Å²) in [5.74, 6) is 2.58. The first-order valence-corrected chi connectivity index (χ1v) is 12.2. The van der Waals surface area contributed by atoms with Crippen LogP contribution >= 0.6 is 0 Å². The maximum absolute atomic E-state index is 10.8. The fourth-order valence-electron chi connectivity index (χ4n) is 3.53. The van der Waals surface area contributed by atoms with Crippen molar-refractivity contribution in [3.8, 4) is 23.0 Å². The Morgan fingerprint density at radius 2 is 1.13 bits per heavy atom. The van der Waals surface area contributed by atoms with E-state index in [4.69, 9.17) is 24.1 Å². The molecular weight excluding hydrogens is 480 g/mol. The van der Waals surface area contributed by atoms with E-state index in [9.17, 15) is 4.79 Å². The van der Waals surface area contributed by atoms with Gasteiger partial charge in [-0.15, -0.1) is 0 Å². The molecule has 0 radical (unpaired) electrons. The average Bonchev–Trinajstić information content (AvgIpc) is 2.96. The second-order valence-corrected chi connectivity index (χ2v) is 8.70. The number of rotatable bonds is 10. The Labute approximate surface area is 224 Å². The van der Waals surface area contributed by atoms with E-state index in [2.05, 4.69) is 43.3 Å². The number of hydrogen-bond acceptors (Lipinski definition) is 6. The van der Waals surface area contributed by atoms with Crippen LogP contribution in [0.25, 0.3) is 0 Å². The summed E-state index contributed by atoms with van der Waals surface area (Å²) in [6, 6.07) is 27.0. The lowest BCUT2D eigenvalue weighted by molar-refractivity contribution is 0.112. The summed E-state index contributed by atoms with van der Waals surface area (Å²) in [4.78, 5) is 10.8. The van der Waals surface area contributed by atoms with Gasteiger partial charge in [0.25, 0.3) is 0 Å². The number of aldehydes is 1. The van der Waals surface area contributed by atoms with E-state index in [0.717, 1.165) is 28.7 Å². The third kappa shape index (κ3) is 8.39. The summed E-state index contributed by atoms with van der Waals surface area (Å²) >= 11 is 0. The van der Waals surface area contributed by atoms with E-state index in [0.29, 0.717) is 36.0 Å². The summed E-state index contributed by atoms with van der Waals surface area (Å²) in [6.45, 7) is 5.07. The van der Waals surface area contributed by atoms with Gasteiger partial charge in [0, 0.05) is 17.7 Å². The van der Waals surface area contributed by atoms with Crippen molar-refractivity contribution in [2.24, 2.45) is 0 Å². The molecule has 0 fully saturated rings. The van der Waals surface area contributed by atoms with Gasteiger partial charge in [0.2, 0.25) is 0 Å². The summed E-state index contributed by atoms with van der Waals surface area (Å²) in [6.07, 6.45) is 0.766. The van der Waals surface area contributed by atoms with E-state index >= 15 is 0 Å². The molecule has 0 saturated heterocycles. The summed E-state index contributed by atoms with van der Waals surface area (Å²) in [5.41, 5.74) is 5.95. The first kappa shape index (κ1) is 28.3. The van der Waals surface area contributed by atoms with Gasteiger partial charge in [-0.1, -0.05) is 59.7 Å². The zero-order chi connectivity index (χ0) is 27.3. The number of ether oxygens (including phenoxy) is 4. The maximum Gasteiger partial charge on any atom is 0.153 e. The van der Waals surface area contributed by atoms with Crippen LogP contribution in [0.4, 0.5) is 0 Å². The predicted molar refractivity (Wildman–Crippen MR) is 148 cm³/mol. The molecule has 0 aliphatic rings. The minimum Gasteiger partial charge on any atom is -0.496 e. The van der Waals surface area contributed by atoms with Gasteiger partial charge in [0.1, 0.15) is 36.2 Å². The van der Waals surface area contributed by atoms with Crippen molar-refractivity contribution >= 4 is 6.29 Å². The van der Waals surface area contributed by atoms with E-state index in [-0.39, 0.29) is 6.61 Å². The highest BCUT2D eigenvalue weighted by atomic mass is 16.5. The molecule has 6 heteroatoms. The molecule has 0 aromatic heterocycles. The van der Waals surface area contributed by atoms with Crippen molar-refractivity contribution in [3.63, 3.8) is 0 Å². The third-order valence-corrected chi connectivity index (χ3v) is 5.81. The van der Waals surface area contributed by atoms with E-state index < -0.39 is 0 Å². The van der Waals surface area contributed by atoms with Gasteiger partial charge in [0.15, 0.2) is 6.29 Å². The van der Waals surface area contributed by atoms with Crippen molar-refractivity contribution in [1.82, 2.24) is 0 Å². The molecule has 0 saturated carbocycles. The topological polar surface area (TPSA) is 74.2 Å². The lowest BCUT2D eigenvalue weighted by Gasteiger charge is -2.10. The molecule has 6 nitrogen and oxygen atoms in total. The Bertz CT molecular complexity index is 1300. The third-order valence-electron chi connectivity index (χ3n) is 5.81. The largest absolute Gasteiger partial charge is 0.496 e. The molecule has 38 heavy (non-hydrogen) atoms. The van der Waals surface area contributed by atoms with Crippen LogP contribution in [0.15, 0.2) is 84.9 Å². The van der Waals surface area contributed by atoms with Crippen molar-refractivity contribution in [2.45, 2.75) is 33.7 Å². The number of aryl methyl sites for hydroxylation is 2. The van der Waals surface area contributed by atoms with Crippen molar-refractivity contribution < 1.29 is 28.8 Å². The highest BCUT2D eigenvalue weighted by Gasteiger charge is 2.05. The highest BCUT2D eigenvalue weighted by Crippen LogP contribution is 2.26. The molecule has 0 aliphatic carbocycles. The number of methoxy groups -OCH3 is 2. The van der Waals surface area contributed by atoms with Gasteiger partial charge in [-0.25, -0.2) is 0 Å². The minimum atomic E-state index is -0.0403. The number of carbonyl (C=O) groups excluding carboxylic acids is 1. The Balaban J connectivity index is 0.000000211. The van der Waals surface area contributed by atoms with Crippen molar-refractivity contribution in [2.75, 3.05) is 14.2 Å². The van der Waals surface area contributed by atoms with Crippen LogP contribution in [0, 0.1) is 13.8 Å². The van der Waals surface area contributed by atoms with Crippen molar-refractivity contribution in [1.29, 1.82) is 0 Å². The normalized spacial score (nSPS) is 10.1. The standard InChI is InChI=1S/C16H18O3.C16H16O3/c2*1-12-3-5-13(6-4-12)11-19-15-8-7-14(10-17)16(9-15)18-2/h3-9,17H,10-11H2,1-2H3;3-10H,11H2,1-2H3. The SMILES string of the molecule is COc1cc(OCc2ccc(C)cc2)ccc1C=O.COc1cc(OCc2ccc(C)cc2)ccc1CO. The molecule has 1 N–H and O–H groups in total. The summed E-state index contributed by atoms with van der Waals surface area (Å²) < 4.78 is 21.7. The molecular formula is C32H34O6. The zero-order valence-corrected chi connectivity index (χ0v) is 22.3. The van der Waals surface area contributed by atoms with E-state index in [1.54, 1.807) is 31.4 Å². The number of aliphatic hydroxyl groups is 1. The van der Waals surface area contributed by atoms with Crippen LogP contribution in [0.3, 0.4) is 0 Å². The Morgan fingerprint density at radius 3 is 1.58 bits per heavy atom. The fraction of sp³-hybridized carbons (Fsp3) is 0.219. The lowest BCUT2D eigenvalue weighted by Crippen LogP contribution is -1.97. The number of carbonyl (C=O) groups is 1. The van der Waals surface area contributed by atoms with E-state index in [1.807, 2.05) is 31.2 Å². The molecule has 0 aliphatic heterocycles. The highest BCUT2D eigenvalue weighted by molar-refractivity contribution is 5.79. The molecule has 0 unspecified atom stereocenters. The molecule has 4 aromatic carbocycles. The van der Waals surface area contributed by atoms with Gasteiger partial charge in [-0.3, -0.25) is 4.79 Å². The Morgan fingerprint density at radius 1 is 0.658 bits per heavy atom. The monoisotopic (exact) mass is 514 g/mol. The van der Waals surface area contributed by atoms with Crippen LogP contribution in [0.5, 0.6) is 23.0 Å². The smallest absolute Gasteiger partial charge is 0.153 e. The van der Waals surface area contributed by atoms with Crippen molar-refractivity contribution in [3.05, 3.63) is 118 Å². The van der Waals surface area contributed by atoms with Crippen LogP contribution < -0.4 is 18.9 Å². The minimum absolute atomic E-state index is 0.0403. The van der Waals surface area contributed by atoms with Gasteiger partial charge >= 0.3 is 0 Å². The fourth-order valence-corrected chi connectivity index (χ4v) is 3.53. The lowest BCUT2D eigenvalue weighted by atomic mass is 10.1. The summed E-state index contributed by atoms with van der Waals surface area (Å²) in [7, 11) is 3.12. The average molecular weight is 515 g/mol. The molecule has 198 valence electrons. The molecule has 0 spiro atoms. The molecule has 4 rings (SSSR count). The van der Waals surface area contributed by atoms with Crippen LogP contribution in [0.2, 0.25) is 0 Å². The Hall–Kier alpha value is -4.29. The number of benzene rings is 4. The van der Waals surface area contributed by atoms with Gasteiger partial charge in [-0.2, -0.15) is 0 Å². The van der Waals surface area contributed by atoms with E-state index in [1.165, 1.54) is 18.2 Å². The predicted octanol–water partition coefficient (Wildman–Crippen LogP) is 6.47. The summed E-state index contributed by atoms with van der Waals surface area (Å²) in [5, 5.41) is 9.15. The molecule has 0 bridgehead atoms. The van der Waals surface area contributed by atoms with Gasteiger partial charge in [0.05, 0.1) is 26.4 Å². The molecule has 4 aromatic rings. The Kier molecular flexibility index (Phi) is 10.8. The first-order valence-electron chi connectivity index (χ1n) is 12.2. The maximum atomic E-state index is 10.8. The quantitative estimate of drug-likeness (QED) is 0.245. The van der Waals surface area contributed by atoms with Crippen LogP contribution in [0.1, 0.15) is 38.2 Å². The second kappa shape index (κ2) is 14.4. The zero-order valence-electron chi connectivity index (χ0n) is 22.3. The molecule has 0 atom stereocenters. The van der Waals surface area contributed by atoms with Crippen LogP contribution in [-0.4, -0.2) is 25.6 Å². The van der Waals surface area contributed by atoms with Gasteiger partial charge < -0.3 is 24.1 Å². The molecule has 0 heterocycles. The van der Waals surface area contributed by atoms with Gasteiger partial charge in [-0.05, 0) is 49.2 Å². The first-order chi connectivity index (χ1) is 18.4. The molecule has 0 amide bonds. The number of aliphatic hydroxyl groups excluding tert-OH is 1. The number of hydrogen-bond donors (Lipinski definition) is 1.